The minimum absolute atomic E-state index is 0.162. The zero-order valence-electron chi connectivity index (χ0n) is 15.5. The molecule has 0 unspecified atom stereocenters. The average Bonchev–Trinajstić information content (AvgIpc) is 2.68. The van der Waals surface area contributed by atoms with E-state index in [1.54, 1.807) is 48.5 Å². The van der Waals surface area contributed by atoms with E-state index in [-0.39, 0.29) is 24.1 Å². The number of anilines is 2. The van der Waals surface area contributed by atoms with Crippen molar-refractivity contribution in [3.63, 3.8) is 0 Å². The molecule has 28 heavy (non-hydrogen) atoms. The smallest absolute Gasteiger partial charge is 0.255 e. The second-order valence-corrected chi connectivity index (χ2v) is 6.95. The van der Waals surface area contributed by atoms with E-state index in [1.807, 2.05) is 6.07 Å². The first-order valence-corrected chi connectivity index (χ1v) is 9.21. The number of hydrogen-bond donors (Lipinski definition) is 3. The van der Waals surface area contributed by atoms with E-state index >= 15 is 0 Å². The Morgan fingerprint density at radius 2 is 1.54 bits per heavy atom. The van der Waals surface area contributed by atoms with Crippen molar-refractivity contribution in [3.8, 4) is 0 Å². The quantitative estimate of drug-likeness (QED) is 0.646. The van der Waals surface area contributed by atoms with Crippen molar-refractivity contribution in [1.29, 1.82) is 0 Å². The highest BCUT2D eigenvalue weighted by molar-refractivity contribution is 6.04. The Morgan fingerprint density at radius 1 is 0.929 bits per heavy atom. The van der Waals surface area contributed by atoms with Crippen LogP contribution < -0.4 is 16.0 Å². The number of amides is 3. The third-order valence-electron chi connectivity index (χ3n) is 4.85. The highest BCUT2D eigenvalue weighted by Gasteiger charge is 2.39. The molecule has 6 heteroatoms. The molecule has 0 heterocycles. The van der Waals surface area contributed by atoms with Gasteiger partial charge in [-0.2, -0.15) is 0 Å². The van der Waals surface area contributed by atoms with Crippen LogP contribution in [0.1, 0.15) is 36.0 Å². The lowest BCUT2D eigenvalue weighted by molar-refractivity contribution is -0.122. The fourth-order valence-corrected chi connectivity index (χ4v) is 3.20. The number of carbonyl (C=O) groups excluding carboxylic acids is 3. The molecular formula is C22H23N3O3. The van der Waals surface area contributed by atoms with E-state index in [0.29, 0.717) is 16.9 Å². The van der Waals surface area contributed by atoms with Gasteiger partial charge in [-0.05, 0) is 61.7 Å². The van der Waals surface area contributed by atoms with E-state index in [2.05, 4.69) is 22.5 Å². The van der Waals surface area contributed by atoms with Crippen LogP contribution in [0.4, 0.5) is 11.4 Å². The van der Waals surface area contributed by atoms with Gasteiger partial charge in [-0.3, -0.25) is 14.4 Å². The molecule has 0 spiro atoms. The van der Waals surface area contributed by atoms with E-state index in [0.717, 1.165) is 19.3 Å². The number of nitrogens with one attached hydrogen (secondary N) is 3. The van der Waals surface area contributed by atoms with E-state index in [9.17, 15) is 14.4 Å². The Bertz CT molecular complexity index is 872. The zero-order chi connectivity index (χ0) is 20.0. The molecule has 0 bridgehead atoms. The van der Waals surface area contributed by atoms with Gasteiger partial charge in [-0.15, -0.1) is 0 Å². The molecule has 0 saturated heterocycles. The van der Waals surface area contributed by atoms with Crippen LogP contribution in [0.5, 0.6) is 0 Å². The third-order valence-corrected chi connectivity index (χ3v) is 4.85. The molecule has 0 aliphatic heterocycles. The van der Waals surface area contributed by atoms with Gasteiger partial charge in [0.25, 0.3) is 5.91 Å². The molecule has 1 fully saturated rings. The topological polar surface area (TPSA) is 87.3 Å². The van der Waals surface area contributed by atoms with Crippen LogP contribution in [0.25, 0.3) is 0 Å². The SMILES string of the molecule is C=CC(=O)NC1(CC(=O)Nc2ccc(NC(=O)c3ccccc3)cc2)CCC1. The molecule has 1 aliphatic rings. The second kappa shape index (κ2) is 8.52. The molecule has 1 aliphatic carbocycles. The number of hydrogen-bond acceptors (Lipinski definition) is 3. The number of carbonyl (C=O) groups is 3. The van der Waals surface area contributed by atoms with Crippen LogP contribution in [0, 0.1) is 0 Å². The summed E-state index contributed by atoms with van der Waals surface area (Å²) in [6.45, 7) is 3.46. The molecule has 144 valence electrons. The van der Waals surface area contributed by atoms with Crippen LogP contribution in [0.2, 0.25) is 0 Å². The summed E-state index contributed by atoms with van der Waals surface area (Å²) < 4.78 is 0. The maximum Gasteiger partial charge on any atom is 0.255 e. The van der Waals surface area contributed by atoms with E-state index in [1.165, 1.54) is 6.08 Å². The Kier molecular flexibility index (Phi) is 5.89. The summed E-state index contributed by atoms with van der Waals surface area (Å²) in [4.78, 5) is 36.1. The largest absolute Gasteiger partial charge is 0.347 e. The molecule has 2 aromatic carbocycles. The maximum atomic E-state index is 12.4. The third kappa shape index (κ3) is 4.85. The molecule has 3 rings (SSSR count). The Hall–Kier alpha value is -3.41. The van der Waals surface area contributed by atoms with Crippen molar-refractivity contribution in [3.05, 3.63) is 72.8 Å². The first-order chi connectivity index (χ1) is 13.5. The standard InChI is InChI=1S/C22H23N3O3/c1-2-19(26)25-22(13-6-14-22)15-20(27)23-17-9-11-18(12-10-17)24-21(28)16-7-4-3-5-8-16/h2-5,7-12H,1,6,13-15H2,(H,23,27)(H,24,28)(H,25,26). The van der Waals surface area contributed by atoms with Crippen LogP contribution in [0.15, 0.2) is 67.3 Å². The summed E-state index contributed by atoms with van der Waals surface area (Å²) >= 11 is 0. The van der Waals surface area contributed by atoms with Gasteiger partial charge in [-0.25, -0.2) is 0 Å². The fraction of sp³-hybridized carbons (Fsp3) is 0.227. The molecule has 0 atom stereocenters. The summed E-state index contributed by atoms with van der Waals surface area (Å²) in [5, 5.41) is 8.53. The molecule has 1 saturated carbocycles. The number of benzene rings is 2. The average molecular weight is 377 g/mol. The molecule has 2 aromatic rings. The van der Waals surface area contributed by atoms with Crippen LogP contribution in [-0.2, 0) is 9.59 Å². The second-order valence-electron chi connectivity index (χ2n) is 6.95. The van der Waals surface area contributed by atoms with Crippen LogP contribution in [0.3, 0.4) is 0 Å². The van der Waals surface area contributed by atoms with Crippen LogP contribution in [-0.4, -0.2) is 23.3 Å². The molecule has 0 aromatic heterocycles. The van der Waals surface area contributed by atoms with Gasteiger partial charge >= 0.3 is 0 Å². The van der Waals surface area contributed by atoms with Gasteiger partial charge in [0.05, 0.1) is 6.42 Å². The highest BCUT2D eigenvalue weighted by Crippen LogP contribution is 2.35. The lowest BCUT2D eigenvalue weighted by atomic mass is 9.74. The first-order valence-electron chi connectivity index (χ1n) is 9.21. The summed E-state index contributed by atoms with van der Waals surface area (Å²) in [7, 11) is 0. The number of rotatable bonds is 7. The molecule has 3 N–H and O–H groups in total. The van der Waals surface area contributed by atoms with E-state index < -0.39 is 5.54 Å². The molecular weight excluding hydrogens is 354 g/mol. The molecule has 3 amide bonds. The summed E-state index contributed by atoms with van der Waals surface area (Å²) in [5.74, 6) is -0.613. The minimum atomic E-state index is -0.473. The molecule has 0 radical (unpaired) electrons. The maximum absolute atomic E-state index is 12.4. The predicted octanol–water partition coefficient (Wildman–Crippen LogP) is 3.49. The van der Waals surface area contributed by atoms with Gasteiger partial charge < -0.3 is 16.0 Å². The van der Waals surface area contributed by atoms with Crippen LogP contribution >= 0.6 is 0 Å². The lowest BCUT2D eigenvalue weighted by Gasteiger charge is -2.41. The van der Waals surface area contributed by atoms with Crippen molar-refractivity contribution < 1.29 is 14.4 Å². The van der Waals surface area contributed by atoms with Gasteiger partial charge in [0.1, 0.15) is 0 Å². The first kappa shape index (κ1) is 19.4. The van der Waals surface area contributed by atoms with Gasteiger partial charge in [0.2, 0.25) is 11.8 Å². The van der Waals surface area contributed by atoms with Crippen molar-refractivity contribution in [1.82, 2.24) is 5.32 Å². The monoisotopic (exact) mass is 377 g/mol. The Labute approximate surface area is 164 Å². The minimum Gasteiger partial charge on any atom is -0.347 e. The van der Waals surface area contributed by atoms with Crippen molar-refractivity contribution in [2.24, 2.45) is 0 Å². The highest BCUT2D eigenvalue weighted by atomic mass is 16.2. The fourth-order valence-electron chi connectivity index (χ4n) is 3.20. The molecule has 6 nitrogen and oxygen atoms in total. The zero-order valence-corrected chi connectivity index (χ0v) is 15.5. The Morgan fingerprint density at radius 3 is 2.07 bits per heavy atom. The van der Waals surface area contributed by atoms with Gasteiger partial charge in [-0.1, -0.05) is 24.8 Å². The normalized spacial score (nSPS) is 14.3. The Balaban J connectivity index is 1.55. The summed E-state index contributed by atoms with van der Waals surface area (Å²) in [5.41, 5.74) is 1.37. The van der Waals surface area contributed by atoms with Gasteiger partial charge in [0.15, 0.2) is 0 Å². The summed E-state index contributed by atoms with van der Waals surface area (Å²) in [6.07, 6.45) is 3.99. The van der Waals surface area contributed by atoms with Gasteiger partial charge in [0, 0.05) is 22.5 Å². The van der Waals surface area contributed by atoms with Crippen molar-refractivity contribution >= 4 is 29.1 Å². The van der Waals surface area contributed by atoms with E-state index in [4.69, 9.17) is 0 Å². The van der Waals surface area contributed by atoms with Crippen molar-refractivity contribution in [2.75, 3.05) is 10.6 Å². The summed E-state index contributed by atoms with van der Waals surface area (Å²) in [6, 6.07) is 15.9. The predicted molar refractivity (Wildman–Crippen MR) is 109 cm³/mol. The van der Waals surface area contributed by atoms with Crippen molar-refractivity contribution in [2.45, 2.75) is 31.2 Å². The lowest BCUT2D eigenvalue weighted by Crippen LogP contribution is -2.54.